The molecule has 9 heteroatoms. The molecule has 0 aliphatic rings. The first kappa shape index (κ1) is 23.5. The summed E-state index contributed by atoms with van der Waals surface area (Å²) in [7, 11) is -4.90. The third-order valence-electron chi connectivity index (χ3n) is 2.67. The van der Waals surface area contributed by atoms with E-state index in [4.69, 9.17) is 0 Å². The van der Waals surface area contributed by atoms with E-state index >= 15 is 0 Å². The maximum Gasteiger partial charge on any atom is 1.00 e. The molecule has 0 N–H and O–H groups in total. The Morgan fingerprint density at radius 2 is 1.40 bits per heavy atom. The Kier molecular flexibility index (Phi) is 15.0. The molecular weight excluding hydrogens is 327 g/mol. The van der Waals surface area contributed by atoms with Crippen LogP contribution in [0.2, 0.25) is 0 Å². The first-order valence-electron chi connectivity index (χ1n) is 6.19. The summed E-state index contributed by atoms with van der Waals surface area (Å²) in [6, 6.07) is 0. The van der Waals surface area contributed by atoms with Crippen molar-refractivity contribution in [1.29, 1.82) is 0 Å². The fourth-order valence-electron chi connectivity index (χ4n) is 1.64. The molecule has 0 radical (unpaired) electrons. The fourth-order valence-corrected chi connectivity index (χ4v) is 2.21. The zero-order chi connectivity index (χ0) is 14.9. The monoisotopic (exact) mass is 346 g/mol. The van der Waals surface area contributed by atoms with E-state index < -0.39 is 41.1 Å². The van der Waals surface area contributed by atoms with Gasteiger partial charge in [-0.05, 0) is 12.8 Å². The first-order valence-corrected chi connectivity index (χ1v) is 7.77. The van der Waals surface area contributed by atoms with Gasteiger partial charge in [0.05, 0.1) is 22.5 Å². The third kappa shape index (κ3) is 13.0. The maximum atomic E-state index is 13.2. The molecule has 116 valence electrons. The van der Waals surface area contributed by atoms with Crippen molar-refractivity contribution in [2.24, 2.45) is 0 Å². The van der Waals surface area contributed by atoms with E-state index in [1.807, 2.05) is 0 Å². The van der Waals surface area contributed by atoms with Crippen molar-refractivity contribution in [1.82, 2.24) is 0 Å². The van der Waals surface area contributed by atoms with Gasteiger partial charge >= 0.3 is 51.4 Å². The van der Waals surface area contributed by atoms with Gasteiger partial charge in [-0.3, -0.25) is 4.39 Å². The van der Waals surface area contributed by atoms with Crippen LogP contribution in [0.3, 0.4) is 0 Å². The van der Waals surface area contributed by atoms with Gasteiger partial charge < -0.3 is 4.55 Å². The van der Waals surface area contributed by atoms with Crippen LogP contribution < -0.4 is 51.4 Å². The minimum absolute atomic E-state index is 0. The predicted octanol–water partition coefficient (Wildman–Crippen LogP) is -0.140. The van der Waals surface area contributed by atoms with E-state index in [0.29, 0.717) is 32.1 Å². The summed E-state index contributed by atoms with van der Waals surface area (Å²) in [5.74, 6) is -1.55. The SMILES string of the molecule is O=S(=O)([O-])CC(F)C(F)C(F)CCCCCCCF.[K+]. The van der Waals surface area contributed by atoms with Crippen LogP contribution in [0.4, 0.5) is 17.6 Å². The summed E-state index contributed by atoms with van der Waals surface area (Å²) < 4.78 is 81.7. The molecule has 0 saturated heterocycles. The summed E-state index contributed by atoms with van der Waals surface area (Å²) in [5.41, 5.74) is 0. The number of alkyl halides is 4. The zero-order valence-electron chi connectivity index (χ0n) is 11.5. The molecule has 0 bridgehead atoms. The number of halogens is 4. The Morgan fingerprint density at radius 3 is 1.90 bits per heavy atom. The molecule has 3 nitrogen and oxygen atoms in total. The Morgan fingerprint density at radius 1 is 0.900 bits per heavy atom. The van der Waals surface area contributed by atoms with Gasteiger partial charge in [-0.15, -0.1) is 0 Å². The first-order chi connectivity index (χ1) is 8.78. The van der Waals surface area contributed by atoms with Crippen molar-refractivity contribution in [2.75, 3.05) is 12.4 Å². The number of hydrogen-bond acceptors (Lipinski definition) is 3. The normalized spacial score (nSPS) is 16.2. The Hall–Kier alpha value is 1.27. The van der Waals surface area contributed by atoms with Crippen LogP contribution in [0.15, 0.2) is 0 Å². The summed E-state index contributed by atoms with van der Waals surface area (Å²) in [6.45, 7) is -0.411. The number of unbranched alkanes of at least 4 members (excludes halogenated alkanes) is 4. The average Bonchev–Trinajstić information content (AvgIpc) is 2.30. The van der Waals surface area contributed by atoms with Gasteiger partial charge in [0.25, 0.3) is 0 Å². The second-order valence-electron chi connectivity index (χ2n) is 4.45. The van der Waals surface area contributed by atoms with Crippen LogP contribution in [-0.2, 0) is 10.1 Å². The van der Waals surface area contributed by atoms with E-state index in [9.17, 15) is 30.5 Å². The van der Waals surface area contributed by atoms with Crippen molar-refractivity contribution < 1.29 is 81.9 Å². The standard InChI is InChI=1S/C11H20F4O3S.K/c12-7-5-3-1-2-4-6-9(13)11(15)10(14)8-19(16,17)18;/h9-11H,1-8H2,(H,16,17,18);/q;+1/p-1. The van der Waals surface area contributed by atoms with Gasteiger partial charge in [-0.2, -0.15) is 0 Å². The van der Waals surface area contributed by atoms with Gasteiger partial charge in [0.15, 0.2) is 6.17 Å². The molecule has 0 aromatic rings. The predicted molar refractivity (Wildman–Crippen MR) is 62.9 cm³/mol. The molecule has 0 aliphatic heterocycles. The largest absolute Gasteiger partial charge is 1.00 e. The maximum absolute atomic E-state index is 13.2. The molecule has 3 unspecified atom stereocenters. The average molecular weight is 346 g/mol. The summed E-state index contributed by atoms with van der Waals surface area (Å²) in [5, 5.41) is 0. The van der Waals surface area contributed by atoms with Crippen LogP contribution in [0.5, 0.6) is 0 Å². The van der Waals surface area contributed by atoms with Crippen molar-refractivity contribution in [3.63, 3.8) is 0 Å². The Labute approximate surface area is 160 Å². The van der Waals surface area contributed by atoms with Crippen molar-refractivity contribution in [3.8, 4) is 0 Å². The smallest absolute Gasteiger partial charge is 0.748 e. The van der Waals surface area contributed by atoms with Crippen molar-refractivity contribution in [2.45, 2.75) is 57.0 Å². The minimum Gasteiger partial charge on any atom is -0.748 e. The van der Waals surface area contributed by atoms with Gasteiger partial charge in [0, 0.05) is 0 Å². The summed E-state index contributed by atoms with van der Waals surface area (Å²) in [6.07, 6.45) is -4.95. The van der Waals surface area contributed by atoms with Crippen LogP contribution in [-0.4, -0.2) is 43.9 Å². The van der Waals surface area contributed by atoms with Gasteiger partial charge in [0.2, 0.25) is 0 Å². The van der Waals surface area contributed by atoms with Crippen molar-refractivity contribution >= 4 is 10.1 Å². The molecule has 0 amide bonds. The molecular formula is C11H19F4KO3S. The minimum atomic E-state index is -4.90. The molecule has 0 rings (SSSR count). The fraction of sp³-hybridized carbons (Fsp3) is 1.00. The van der Waals surface area contributed by atoms with Crippen molar-refractivity contribution in [3.05, 3.63) is 0 Å². The Balaban J connectivity index is 0. The molecule has 0 fully saturated rings. The Bertz CT molecular complexity index is 330. The van der Waals surface area contributed by atoms with E-state index in [0.717, 1.165) is 0 Å². The molecule has 0 aromatic heterocycles. The van der Waals surface area contributed by atoms with Gasteiger partial charge in [-0.25, -0.2) is 21.6 Å². The molecule has 0 spiro atoms. The quantitative estimate of drug-likeness (QED) is 0.226. The molecule has 20 heavy (non-hydrogen) atoms. The molecule has 3 atom stereocenters. The zero-order valence-corrected chi connectivity index (χ0v) is 15.5. The van der Waals surface area contributed by atoms with E-state index in [-0.39, 0.29) is 57.8 Å². The van der Waals surface area contributed by atoms with Gasteiger partial charge in [0.1, 0.15) is 12.3 Å². The van der Waals surface area contributed by atoms with E-state index in [1.54, 1.807) is 0 Å². The van der Waals surface area contributed by atoms with Crippen LogP contribution in [0, 0.1) is 0 Å². The summed E-state index contributed by atoms with van der Waals surface area (Å²) in [4.78, 5) is 0. The van der Waals surface area contributed by atoms with Crippen LogP contribution >= 0.6 is 0 Å². The summed E-state index contributed by atoms with van der Waals surface area (Å²) >= 11 is 0. The molecule has 0 aromatic carbocycles. The molecule has 0 heterocycles. The molecule has 0 saturated carbocycles. The molecule has 0 aliphatic carbocycles. The third-order valence-corrected chi connectivity index (χ3v) is 3.39. The topological polar surface area (TPSA) is 57.2 Å². The van der Waals surface area contributed by atoms with E-state index in [2.05, 4.69) is 0 Å². The number of rotatable bonds is 11. The second-order valence-corrected chi connectivity index (χ2v) is 5.89. The van der Waals surface area contributed by atoms with Gasteiger partial charge in [-0.1, -0.05) is 25.7 Å². The number of hydrogen-bond donors (Lipinski definition) is 0. The second kappa shape index (κ2) is 12.8. The van der Waals surface area contributed by atoms with E-state index in [1.165, 1.54) is 0 Å². The van der Waals surface area contributed by atoms with Crippen LogP contribution in [0.25, 0.3) is 0 Å². The van der Waals surface area contributed by atoms with Crippen LogP contribution in [0.1, 0.15) is 38.5 Å².